The van der Waals surface area contributed by atoms with Crippen molar-refractivity contribution in [1.29, 1.82) is 0 Å². The molecule has 2 unspecified atom stereocenters. The zero-order chi connectivity index (χ0) is 82.6. The maximum absolute atomic E-state index is 12.4. The molecular formula is C87H115N15O11S. The SMILES string of the molecule is CC(C)(C)OC(=O)NC1CCC(=O)CC1.CC(C)(C)OC(=O)NC1CCC(C(=O)c2cccnc2)CC1.CC(C)(C)OC(=O)NC1CCC(C(N)c2cccnc2)CC1.Cc1ccc(S(=O)(=O)NN)cc1.Cn1ccc2ccc(-c3cc(NC(c4cccnc4)C4CCC(N)CC4)cc4nccnc34)cc21.O=Cc1cccnc1. The lowest BCUT2D eigenvalue weighted by Crippen LogP contribution is -2.41. The van der Waals surface area contributed by atoms with Crippen molar-refractivity contribution in [2.24, 2.45) is 42.1 Å². The number of aldehydes is 1. The van der Waals surface area contributed by atoms with E-state index in [4.69, 9.17) is 36.5 Å². The number of nitrogens with one attached hydrogen (secondary N) is 5. The minimum Gasteiger partial charge on any atom is -0.444 e. The first kappa shape index (κ1) is 89.1. The van der Waals surface area contributed by atoms with Crippen molar-refractivity contribution >= 4 is 73.8 Å². The smallest absolute Gasteiger partial charge is 0.407 e. The zero-order valence-corrected chi connectivity index (χ0v) is 68.4. The zero-order valence-electron chi connectivity index (χ0n) is 67.6. The number of Topliss-reactive ketones (excluding diaryl/α,β-unsaturated/α-hetero) is 2. The van der Waals surface area contributed by atoms with E-state index in [1.807, 2.05) is 106 Å². The third-order valence-corrected chi connectivity index (χ3v) is 21.0. The maximum atomic E-state index is 12.4. The average Bonchev–Trinajstić information content (AvgIpc) is 1.26. The van der Waals surface area contributed by atoms with Crippen LogP contribution in [0, 0.1) is 24.7 Å². The summed E-state index contributed by atoms with van der Waals surface area (Å²) in [6.45, 7) is 18.5. The van der Waals surface area contributed by atoms with E-state index in [9.17, 15) is 37.2 Å². The molecule has 4 fully saturated rings. The molecule has 0 bridgehead atoms. The van der Waals surface area contributed by atoms with E-state index in [2.05, 4.69) is 106 Å². The summed E-state index contributed by atoms with van der Waals surface area (Å²) in [5, 5.41) is 13.7. The van der Waals surface area contributed by atoms with Crippen molar-refractivity contribution in [2.45, 2.75) is 230 Å². The number of nitrogens with two attached hydrogens (primary N) is 3. The third-order valence-electron chi connectivity index (χ3n) is 19.8. The number of carbonyl (C=O) groups excluding carboxylic acids is 6. The topological polar surface area (TPSA) is 385 Å². The number of hydrazine groups is 1. The van der Waals surface area contributed by atoms with Gasteiger partial charge in [0.25, 0.3) is 10.0 Å². The molecule has 4 aliphatic carbocycles. The molecule has 6 aromatic heterocycles. The highest BCUT2D eigenvalue weighted by Gasteiger charge is 2.33. The van der Waals surface area contributed by atoms with E-state index in [-0.39, 0.29) is 70.9 Å². The normalized spacial score (nSPS) is 18.9. The first-order chi connectivity index (χ1) is 54.2. The number of ether oxygens (including phenoxy) is 3. The molecule has 6 heterocycles. The van der Waals surface area contributed by atoms with Crippen LogP contribution in [0.2, 0.25) is 0 Å². The van der Waals surface area contributed by atoms with Crippen molar-refractivity contribution in [2.75, 3.05) is 5.32 Å². The number of hydrogen-bond acceptors (Lipinski definition) is 21. The molecule has 610 valence electrons. The molecule has 0 saturated heterocycles. The molecule has 2 atom stereocenters. The average molecular weight is 1580 g/mol. The molecule has 0 radical (unpaired) electrons. The number of aromatic nitrogens is 7. The van der Waals surface area contributed by atoms with E-state index in [1.165, 1.54) is 34.8 Å². The van der Waals surface area contributed by atoms with Crippen LogP contribution in [0.4, 0.5) is 20.1 Å². The van der Waals surface area contributed by atoms with Gasteiger partial charge in [-0.1, -0.05) is 42.0 Å². The molecule has 27 heteroatoms. The van der Waals surface area contributed by atoms with Crippen LogP contribution < -0.4 is 43.4 Å². The predicted molar refractivity (Wildman–Crippen MR) is 444 cm³/mol. The van der Waals surface area contributed by atoms with Crippen LogP contribution in [-0.2, 0) is 36.1 Å². The highest BCUT2D eigenvalue weighted by molar-refractivity contribution is 7.89. The second-order valence-electron chi connectivity index (χ2n) is 32.4. The van der Waals surface area contributed by atoms with E-state index < -0.39 is 26.8 Å². The highest BCUT2D eigenvalue weighted by atomic mass is 32.2. The lowest BCUT2D eigenvalue weighted by Gasteiger charge is -2.34. The number of ketones is 2. The summed E-state index contributed by atoms with van der Waals surface area (Å²) in [6, 6.07) is 35.5. The number of alkyl carbamates (subject to hydrolysis) is 3. The molecule has 26 nitrogen and oxygen atoms in total. The number of carbonyl (C=O) groups is 6. The number of fused-ring (bicyclic) bond motifs is 2. The van der Waals surface area contributed by atoms with Gasteiger partial charge in [0.2, 0.25) is 0 Å². The Labute approximate surface area is 670 Å². The Hall–Kier alpha value is -10.5. The minimum absolute atomic E-state index is 0.0242. The molecule has 9 aromatic rings. The van der Waals surface area contributed by atoms with Crippen LogP contribution >= 0.6 is 0 Å². The fraction of sp³-hybridized carbons (Fsp3) is 0.448. The number of pyridine rings is 4. The monoisotopic (exact) mass is 1580 g/mol. The molecule has 0 aliphatic heterocycles. The third kappa shape index (κ3) is 29.5. The number of benzene rings is 3. The van der Waals surface area contributed by atoms with Crippen molar-refractivity contribution in [3.8, 4) is 11.1 Å². The van der Waals surface area contributed by atoms with Gasteiger partial charge >= 0.3 is 18.3 Å². The van der Waals surface area contributed by atoms with Gasteiger partial charge < -0.3 is 51.5 Å². The summed E-state index contributed by atoms with van der Waals surface area (Å²) < 4.78 is 40.0. The molecule has 4 aliphatic rings. The molecule has 13 rings (SSSR count). The van der Waals surface area contributed by atoms with Gasteiger partial charge in [0, 0.05) is 152 Å². The van der Waals surface area contributed by atoms with Gasteiger partial charge in [-0.15, -0.1) is 0 Å². The Balaban J connectivity index is 0.000000182. The molecule has 0 spiro atoms. The number of amides is 3. The quantitative estimate of drug-likeness (QED) is 0.0155. The summed E-state index contributed by atoms with van der Waals surface area (Å²) in [5.74, 6) is 6.26. The van der Waals surface area contributed by atoms with Gasteiger partial charge in [-0.05, 0) is 266 Å². The van der Waals surface area contributed by atoms with E-state index in [1.54, 1.807) is 78.4 Å². The fourth-order valence-electron chi connectivity index (χ4n) is 13.9. The number of sulfonamides is 1. The van der Waals surface area contributed by atoms with Gasteiger partial charge in [-0.3, -0.25) is 50.1 Å². The van der Waals surface area contributed by atoms with Gasteiger partial charge in [-0.2, -0.15) is 4.83 Å². The minimum atomic E-state index is -3.49. The van der Waals surface area contributed by atoms with Gasteiger partial charge in [0.05, 0.1) is 22.0 Å². The van der Waals surface area contributed by atoms with Crippen LogP contribution in [0.15, 0.2) is 182 Å². The van der Waals surface area contributed by atoms with Gasteiger partial charge in [0.15, 0.2) is 12.1 Å². The lowest BCUT2D eigenvalue weighted by molar-refractivity contribution is -0.120. The molecular weight excluding hydrogens is 1460 g/mol. The summed E-state index contributed by atoms with van der Waals surface area (Å²) >= 11 is 0. The van der Waals surface area contributed by atoms with Gasteiger partial charge in [0.1, 0.15) is 22.6 Å². The Morgan fingerprint density at radius 2 is 1.08 bits per heavy atom. The van der Waals surface area contributed by atoms with Crippen LogP contribution in [0.25, 0.3) is 33.1 Å². The second-order valence-corrected chi connectivity index (χ2v) is 34.1. The molecule has 4 saturated carbocycles. The number of aryl methyl sites for hydroxylation is 2. The summed E-state index contributed by atoms with van der Waals surface area (Å²) in [4.78, 5) is 95.8. The first-order valence-corrected chi connectivity index (χ1v) is 40.7. The highest BCUT2D eigenvalue weighted by Crippen LogP contribution is 2.40. The number of hydrogen-bond donors (Lipinski definition) is 8. The van der Waals surface area contributed by atoms with Crippen molar-refractivity contribution < 1.29 is 51.4 Å². The largest absolute Gasteiger partial charge is 0.444 e. The summed E-state index contributed by atoms with van der Waals surface area (Å²) in [5.41, 5.74) is 22.0. The predicted octanol–water partition coefficient (Wildman–Crippen LogP) is 15.4. The molecule has 3 amide bonds. The molecule has 3 aromatic carbocycles. The Bertz CT molecular complexity index is 4630. The van der Waals surface area contributed by atoms with Crippen LogP contribution in [-0.4, -0.2) is 120 Å². The Morgan fingerprint density at radius 1 is 0.570 bits per heavy atom. The van der Waals surface area contributed by atoms with Crippen molar-refractivity contribution in [3.63, 3.8) is 0 Å². The van der Waals surface area contributed by atoms with Crippen LogP contribution in [0.3, 0.4) is 0 Å². The summed E-state index contributed by atoms with van der Waals surface area (Å²) in [6.07, 6.45) is 33.2. The second kappa shape index (κ2) is 42.6. The Morgan fingerprint density at radius 3 is 1.58 bits per heavy atom. The fourth-order valence-corrected chi connectivity index (χ4v) is 14.6. The van der Waals surface area contributed by atoms with Crippen molar-refractivity contribution in [3.05, 3.63) is 205 Å². The van der Waals surface area contributed by atoms with Crippen LogP contribution in [0.5, 0.6) is 0 Å². The summed E-state index contributed by atoms with van der Waals surface area (Å²) in [7, 11) is -1.41. The molecule has 11 N–H and O–H groups in total. The Kier molecular flexibility index (Phi) is 33.3. The van der Waals surface area contributed by atoms with E-state index in [0.717, 1.165) is 135 Å². The standard InChI is InChI=1S/C29H30N6.C17H27N3O2.C17H24N2O3.C11H19NO3.C7H10N2O2S.C6H5NO/c1-35-14-10-19-4-5-21(15-27(19)35)25-16-24(17-26-29(25)33-13-12-32-26)34-28(22-3-2-11-31-18-22)20-6-8-23(30)9-7-20;1-17(2,3)22-16(21)20-14-8-6-12(7-9-14)15(18)13-5-4-10-19-11-13;1-17(2,3)22-16(21)19-14-8-6-12(7-9-14)15(20)13-5-4-10-18-11-13;1-11(2,3)15-10(14)12-8-4-6-9(13)7-5-8;1-6-2-4-7(5-3-6)12(10,11)9-8;8-5-6-2-1-3-7-4-6/h2-5,10-18,20,23,28,34H,6-9,30H2,1H3;4-5,10-12,14-15H,6-9,18H2,1-3H3,(H,20,21);4-5,10-12,14H,6-9H2,1-3H3,(H,19,21);8H,4-7H2,1-3H3,(H,12,14);2-5,9H,8H2,1H3;1-5H. The maximum Gasteiger partial charge on any atom is 0.407 e. The first-order valence-electron chi connectivity index (χ1n) is 39.2. The molecule has 114 heavy (non-hydrogen) atoms. The lowest BCUT2D eigenvalue weighted by atomic mass is 9.79. The van der Waals surface area contributed by atoms with E-state index >= 15 is 0 Å². The number of rotatable bonds is 15. The number of anilines is 1. The van der Waals surface area contributed by atoms with Gasteiger partial charge in [-0.25, -0.2) is 22.8 Å². The van der Waals surface area contributed by atoms with Crippen molar-refractivity contribution in [1.82, 2.24) is 55.3 Å². The number of nitrogens with zero attached hydrogens (tertiary/aromatic N) is 7. The van der Waals surface area contributed by atoms with E-state index in [0.29, 0.717) is 41.8 Å². The van der Waals surface area contributed by atoms with Crippen LogP contribution in [0.1, 0.15) is 215 Å².